The number of aromatic nitrogens is 1. The average molecular weight is 283 g/mol. The average Bonchev–Trinajstić information content (AvgIpc) is 2.40. The molecule has 5 nitrogen and oxygen atoms in total. The van der Waals surface area contributed by atoms with Crippen LogP contribution >= 0.6 is 0 Å². The van der Waals surface area contributed by atoms with Gasteiger partial charge >= 0.3 is 0 Å². The van der Waals surface area contributed by atoms with Gasteiger partial charge in [0, 0.05) is 19.2 Å². The van der Waals surface area contributed by atoms with E-state index in [4.69, 9.17) is 0 Å². The second kappa shape index (κ2) is 5.16. The van der Waals surface area contributed by atoms with Gasteiger partial charge in [-0.3, -0.25) is 15.1 Å². The summed E-state index contributed by atoms with van der Waals surface area (Å²) < 4.78 is 39.4. The Labute approximate surface area is 111 Å². The molecule has 8 heteroatoms. The molecule has 0 saturated heterocycles. The molecule has 1 aromatic heterocycles. The molecule has 104 valence electrons. The summed E-state index contributed by atoms with van der Waals surface area (Å²) in [5, 5.41) is 10.9. The lowest BCUT2D eigenvalue weighted by molar-refractivity contribution is -0.384. The third-order valence-electron chi connectivity index (χ3n) is 2.65. The molecule has 2 rings (SSSR count). The normalized spacial score (nSPS) is 10.4. The number of halogens is 3. The molecule has 0 amide bonds. The quantitative estimate of drug-likeness (QED) is 0.641. The molecular formula is C12H8F3N3O2. The Morgan fingerprint density at radius 1 is 1.15 bits per heavy atom. The highest BCUT2D eigenvalue weighted by Gasteiger charge is 2.22. The first-order chi connectivity index (χ1) is 9.40. The summed E-state index contributed by atoms with van der Waals surface area (Å²) >= 11 is 0. The van der Waals surface area contributed by atoms with Crippen molar-refractivity contribution in [3.8, 4) is 0 Å². The van der Waals surface area contributed by atoms with Crippen LogP contribution in [0.4, 0.5) is 30.2 Å². The Bertz CT molecular complexity index is 679. The second-order valence-electron chi connectivity index (χ2n) is 3.93. The largest absolute Gasteiger partial charge is 0.338 e. The number of hydrogen-bond acceptors (Lipinski definition) is 4. The first kappa shape index (κ1) is 13.8. The number of benzene rings is 1. The minimum absolute atomic E-state index is 0.166. The van der Waals surface area contributed by atoms with Crippen LogP contribution in [0.25, 0.3) is 0 Å². The fourth-order valence-corrected chi connectivity index (χ4v) is 1.66. The number of rotatable bonds is 3. The predicted molar refractivity (Wildman–Crippen MR) is 65.3 cm³/mol. The van der Waals surface area contributed by atoms with Crippen molar-refractivity contribution in [3.63, 3.8) is 0 Å². The number of anilines is 2. The molecule has 0 aliphatic heterocycles. The van der Waals surface area contributed by atoms with Crippen molar-refractivity contribution in [1.29, 1.82) is 0 Å². The van der Waals surface area contributed by atoms with E-state index in [1.54, 1.807) is 0 Å². The van der Waals surface area contributed by atoms with Crippen molar-refractivity contribution in [1.82, 2.24) is 4.98 Å². The van der Waals surface area contributed by atoms with Crippen LogP contribution < -0.4 is 4.90 Å². The van der Waals surface area contributed by atoms with Crippen LogP contribution in [-0.2, 0) is 0 Å². The van der Waals surface area contributed by atoms with Crippen molar-refractivity contribution >= 4 is 17.1 Å². The molecule has 1 heterocycles. The van der Waals surface area contributed by atoms with Crippen molar-refractivity contribution < 1.29 is 18.1 Å². The minimum Gasteiger partial charge on any atom is -0.338 e. The van der Waals surface area contributed by atoms with Gasteiger partial charge in [0.05, 0.1) is 29.1 Å². The SMILES string of the molecule is CN(c1cncc(F)c1)c1cc(F)c(F)cc1[N+](=O)[O-]. The molecular weight excluding hydrogens is 275 g/mol. The Hall–Kier alpha value is -2.64. The molecule has 0 saturated carbocycles. The zero-order chi connectivity index (χ0) is 14.9. The van der Waals surface area contributed by atoms with Gasteiger partial charge in [-0.15, -0.1) is 0 Å². The zero-order valence-electron chi connectivity index (χ0n) is 10.2. The van der Waals surface area contributed by atoms with E-state index in [0.717, 1.165) is 17.2 Å². The molecule has 0 N–H and O–H groups in total. The Morgan fingerprint density at radius 3 is 2.40 bits per heavy atom. The highest BCUT2D eigenvalue weighted by molar-refractivity contribution is 5.71. The lowest BCUT2D eigenvalue weighted by atomic mass is 10.2. The first-order valence-electron chi connectivity index (χ1n) is 5.38. The molecule has 20 heavy (non-hydrogen) atoms. The summed E-state index contributed by atoms with van der Waals surface area (Å²) in [6, 6.07) is 2.23. The molecule has 0 aliphatic carbocycles. The highest BCUT2D eigenvalue weighted by atomic mass is 19.2. The maximum Gasteiger partial charge on any atom is 0.296 e. The van der Waals surface area contributed by atoms with Gasteiger partial charge in [-0.05, 0) is 0 Å². The fourth-order valence-electron chi connectivity index (χ4n) is 1.66. The molecule has 0 radical (unpaired) electrons. The molecule has 0 unspecified atom stereocenters. The van der Waals surface area contributed by atoms with Crippen molar-refractivity contribution in [2.45, 2.75) is 0 Å². The van der Waals surface area contributed by atoms with E-state index in [9.17, 15) is 23.3 Å². The van der Waals surface area contributed by atoms with Crippen molar-refractivity contribution in [2.24, 2.45) is 0 Å². The fraction of sp³-hybridized carbons (Fsp3) is 0.0833. The lowest BCUT2D eigenvalue weighted by Gasteiger charge is -2.19. The standard InChI is InChI=1S/C12H8F3N3O2/c1-17(8-2-7(13)5-16-6-8)11-3-9(14)10(15)4-12(11)18(19)20/h2-6H,1H3. The smallest absolute Gasteiger partial charge is 0.296 e. The van der Waals surface area contributed by atoms with Crippen LogP contribution in [0.2, 0.25) is 0 Å². The number of nitrogens with zero attached hydrogens (tertiary/aromatic N) is 3. The van der Waals surface area contributed by atoms with Crippen LogP contribution in [-0.4, -0.2) is 17.0 Å². The molecule has 0 fully saturated rings. The maximum absolute atomic E-state index is 13.3. The van der Waals surface area contributed by atoms with Gasteiger partial charge < -0.3 is 4.90 Å². The number of pyridine rings is 1. The minimum atomic E-state index is -1.33. The summed E-state index contributed by atoms with van der Waals surface area (Å²) in [6.07, 6.45) is 2.20. The molecule has 2 aromatic rings. The van der Waals surface area contributed by atoms with E-state index >= 15 is 0 Å². The van der Waals surface area contributed by atoms with Crippen LogP contribution in [0.15, 0.2) is 30.6 Å². The van der Waals surface area contributed by atoms with E-state index in [0.29, 0.717) is 12.1 Å². The molecule has 0 spiro atoms. The summed E-state index contributed by atoms with van der Waals surface area (Å²) in [4.78, 5) is 14.8. The molecule has 0 aliphatic rings. The summed E-state index contributed by atoms with van der Waals surface area (Å²) in [5.41, 5.74) is -0.670. The lowest BCUT2D eigenvalue weighted by Crippen LogP contribution is -2.13. The molecule has 0 atom stereocenters. The van der Waals surface area contributed by atoms with E-state index in [1.807, 2.05) is 0 Å². The molecule has 0 bridgehead atoms. The number of hydrogen-bond donors (Lipinski definition) is 0. The summed E-state index contributed by atoms with van der Waals surface area (Å²) in [6.45, 7) is 0. The van der Waals surface area contributed by atoms with E-state index < -0.39 is 28.1 Å². The molecule has 1 aromatic carbocycles. The Morgan fingerprint density at radius 2 is 1.80 bits per heavy atom. The van der Waals surface area contributed by atoms with E-state index in [1.165, 1.54) is 13.2 Å². The monoisotopic (exact) mass is 283 g/mol. The third-order valence-corrected chi connectivity index (χ3v) is 2.65. The van der Waals surface area contributed by atoms with Gasteiger partial charge in [-0.25, -0.2) is 13.2 Å². The maximum atomic E-state index is 13.3. The van der Waals surface area contributed by atoms with Crippen LogP contribution in [0.5, 0.6) is 0 Å². The van der Waals surface area contributed by atoms with Gasteiger partial charge in [0.15, 0.2) is 11.6 Å². The van der Waals surface area contributed by atoms with Crippen LogP contribution in [0.1, 0.15) is 0 Å². The van der Waals surface area contributed by atoms with Gasteiger partial charge in [-0.1, -0.05) is 0 Å². The van der Waals surface area contributed by atoms with Crippen LogP contribution in [0.3, 0.4) is 0 Å². The highest BCUT2D eigenvalue weighted by Crippen LogP contribution is 2.33. The third kappa shape index (κ3) is 2.53. The first-order valence-corrected chi connectivity index (χ1v) is 5.38. The predicted octanol–water partition coefficient (Wildman–Crippen LogP) is 3.18. The summed E-state index contributed by atoms with van der Waals surface area (Å²) in [5.74, 6) is -3.22. The zero-order valence-corrected chi connectivity index (χ0v) is 10.2. The van der Waals surface area contributed by atoms with Gasteiger partial charge in [0.2, 0.25) is 0 Å². The van der Waals surface area contributed by atoms with Gasteiger partial charge in [-0.2, -0.15) is 0 Å². The topological polar surface area (TPSA) is 59.3 Å². The van der Waals surface area contributed by atoms with Gasteiger partial charge in [0.25, 0.3) is 5.69 Å². The van der Waals surface area contributed by atoms with E-state index in [2.05, 4.69) is 4.98 Å². The van der Waals surface area contributed by atoms with Crippen molar-refractivity contribution in [2.75, 3.05) is 11.9 Å². The number of nitro groups is 1. The summed E-state index contributed by atoms with van der Waals surface area (Å²) in [7, 11) is 1.36. The van der Waals surface area contributed by atoms with E-state index in [-0.39, 0.29) is 11.4 Å². The van der Waals surface area contributed by atoms with Gasteiger partial charge in [0.1, 0.15) is 11.5 Å². The Kier molecular flexibility index (Phi) is 3.55. The van der Waals surface area contributed by atoms with Crippen molar-refractivity contribution in [3.05, 3.63) is 58.2 Å². The second-order valence-corrected chi connectivity index (χ2v) is 3.93. The number of nitro benzene ring substituents is 1. The Balaban J connectivity index is 2.56. The van der Waals surface area contributed by atoms with Crippen LogP contribution in [0, 0.1) is 27.6 Å².